The molecule has 154 valence electrons. The topological polar surface area (TPSA) is 81.3 Å². The van der Waals surface area contributed by atoms with E-state index in [2.05, 4.69) is 27.4 Å². The molecule has 7 nitrogen and oxygen atoms in total. The Morgan fingerprint density at radius 1 is 1.07 bits per heavy atom. The summed E-state index contributed by atoms with van der Waals surface area (Å²) in [6, 6.07) is 15.8. The molecule has 1 saturated heterocycles. The van der Waals surface area contributed by atoms with Crippen molar-refractivity contribution in [1.82, 2.24) is 25.1 Å². The average molecular weight is 403 g/mol. The van der Waals surface area contributed by atoms with Gasteiger partial charge >= 0.3 is 6.03 Å². The second-order valence-electron chi connectivity index (χ2n) is 7.98. The standard InChI is InChI=1S/C23H25N5O2/c29-21(14-24-23(30)27-13-11-16-6-1-2-7-17(16)15-27)28-12-5-10-20(28)22-25-18-8-3-4-9-19(18)26-22/h1-4,6-9,20H,5,10-15H2,(H,24,30)(H,25,26). The fourth-order valence-electron chi connectivity index (χ4n) is 4.51. The second-order valence-corrected chi connectivity index (χ2v) is 7.98. The smallest absolute Gasteiger partial charge is 0.318 e. The van der Waals surface area contributed by atoms with Crippen LogP contribution in [0.1, 0.15) is 35.8 Å². The average Bonchev–Trinajstić information content (AvgIpc) is 3.43. The van der Waals surface area contributed by atoms with Crippen LogP contribution >= 0.6 is 0 Å². The molecule has 0 saturated carbocycles. The number of urea groups is 1. The molecule has 2 aromatic carbocycles. The maximum atomic E-state index is 12.9. The number of H-pyrrole nitrogens is 1. The maximum absolute atomic E-state index is 12.9. The summed E-state index contributed by atoms with van der Waals surface area (Å²) < 4.78 is 0. The third-order valence-electron chi connectivity index (χ3n) is 6.11. The predicted octanol–water partition coefficient (Wildman–Crippen LogP) is 2.99. The first-order chi connectivity index (χ1) is 14.7. The van der Waals surface area contributed by atoms with Crippen molar-refractivity contribution in [1.29, 1.82) is 0 Å². The van der Waals surface area contributed by atoms with E-state index in [0.29, 0.717) is 19.6 Å². The van der Waals surface area contributed by atoms with Crippen molar-refractivity contribution in [2.24, 2.45) is 0 Å². The summed E-state index contributed by atoms with van der Waals surface area (Å²) in [4.78, 5) is 37.1. The van der Waals surface area contributed by atoms with Gasteiger partial charge in [0.15, 0.2) is 0 Å². The Morgan fingerprint density at radius 2 is 1.87 bits per heavy atom. The van der Waals surface area contributed by atoms with Crippen LogP contribution in [0, 0.1) is 0 Å². The van der Waals surface area contributed by atoms with Crippen LogP contribution in [0.15, 0.2) is 48.5 Å². The van der Waals surface area contributed by atoms with Gasteiger partial charge in [-0.15, -0.1) is 0 Å². The van der Waals surface area contributed by atoms with Gasteiger partial charge < -0.3 is 20.1 Å². The van der Waals surface area contributed by atoms with Gasteiger partial charge in [0.05, 0.1) is 23.6 Å². The Morgan fingerprint density at radius 3 is 2.73 bits per heavy atom. The number of nitrogens with one attached hydrogen (secondary N) is 2. The van der Waals surface area contributed by atoms with Gasteiger partial charge in [0.1, 0.15) is 5.82 Å². The van der Waals surface area contributed by atoms with Crippen LogP contribution in [-0.4, -0.2) is 51.3 Å². The monoisotopic (exact) mass is 403 g/mol. The van der Waals surface area contributed by atoms with Crippen molar-refractivity contribution in [3.05, 3.63) is 65.5 Å². The normalized spacial score (nSPS) is 18.5. The van der Waals surface area contributed by atoms with Crippen LogP contribution in [0.2, 0.25) is 0 Å². The van der Waals surface area contributed by atoms with Gasteiger partial charge in [-0.1, -0.05) is 36.4 Å². The van der Waals surface area contributed by atoms with Crippen LogP contribution < -0.4 is 5.32 Å². The third-order valence-corrected chi connectivity index (χ3v) is 6.11. The fraction of sp³-hybridized carbons (Fsp3) is 0.348. The van der Waals surface area contributed by atoms with Crippen LogP contribution in [0.4, 0.5) is 4.79 Å². The summed E-state index contributed by atoms with van der Waals surface area (Å²) in [6.07, 6.45) is 2.66. The SMILES string of the molecule is O=C(NCC(=O)N1CCCC1c1nc2ccccc2[nH]1)N1CCc2ccccc2C1. The molecular formula is C23H25N5O2. The van der Waals surface area contributed by atoms with Crippen molar-refractivity contribution in [2.45, 2.75) is 31.8 Å². The van der Waals surface area contributed by atoms with Crippen molar-refractivity contribution in [3.63, 3.8) is 0 Å². The number of para-hydroxylation sites is 2. The summed E-state index contributed by atoms with van der Waals surface area (Å²) in [5.74, 6) is 0.754. The molecule has 3 aromatic rings. The Kier molecular flexibility index (Phi) is 4.86. The molecule has 0 bridgehead atoms. The molecular weight excluding hydrogens is 378 g/mol. The highest BCUT2D eigenvalue weighted by atomic mass is 16.2. The zero-order valence-corrected chi connectivity index (χ0v) is 16.8. The fourth-order valence-corrected chi connectivity index (χ4v) is 4.51. The summed E-state index contributed by atoms with van der Waals surface area (Å²) in [7, 11) is 0. The number of nitrogens with zero attached hydrogens (tertiary/aromatic N) is 3. The molecule has 30 heavy (non-hydrogen) atoms. The number of amides is 3. The molecule has 0 aliphatic carbocycles. The van der Waals surface area contributed by atoms with Crippen LogP contribution in [0.25, 0.3) is 11.0 Å². The lowest BCUT2D eigenvalue weighted by Gasteiger charge is -2.29. The molecule has 7 heteroatoms. The third kappa shape index (κ3) is 3.51. The Labute approximate surface area is 175 Å². The van der Waals surface area contributed by atoms with Crippen molar-refractivity contribution in [3.8, 4) is 0 Å². The number of aromatic amines is 1. The number of benzene rings is 2. The minimum absolute atomic E-state index is 0.00765. The summed E-state index contributed by atoms with van der Waals surface area (Å²) >= 11 is 0. The predicted molar refractivity (Wildman–Crippen MR) is 114 cm³/mol. The largest absolute Gasteiger partial charge is 0.340 e. The molecule has 2 aliphatic heterocycles. The Bertz CT molecular complexity index is 1060. The highest BCUT2D eigenvalue weighted by Gasteiger charge is 2.32. The van der Waals surface area contributed by atoms with Crippen molar-refractivity contribution >= 4 is 23.0 Å². The number of imidazole rings is 1. The molecule has 1 unspecified atom stereocenters. The molecule has 1 atom stereocenters. The lowest BCUT2D eigenvalue weighted by atomic mass is 10.0. The first-order valence-electron chi connectivity index (χ1n) is 10.5. The molecule has 0 radical (unpaired) electrons. The van der Waals surface area contributed by atoms with E-state index in [1.807, 2.05) is 41.3 Å². The van der Waals surface area contributed by atoms with Gasteiger partial charge in [-0.25, -0.2) is 9.78 Å². The van der Waals surface area contributed by atoms with Crippen molar-refractivity contribution in [2.75, 3.05) is 19.6 Å². The molecule has 2 N–H and O–H groups in total. The highest BCUT2D eigenvalue weighted by Crippen LogP contribution is 2.31. The van der Waals surface area contributed by atoms with Gasteiger partial charge in [-0.3, -0.25) is 4.79 Å². The van der Waals surface area contributed by atoms with Crippen LogP contribution in [-0.2, 0) is 17.8 Å². The van der Waals surface area contributed by atoms with Gasteiger partial charge in [0.2, 0.25) is 5.91 Å². The number of fused-ring (bicyclic) bond motifs is 2. The van der Waals surface area contributed by atoms with Crippen LogP contribution in [0.3, 0.4) is 0 Å². The van der Waals surface area contributed by atoms with Crippen molar-refractivity contribution < 1.29 is 9.59 Å². The summed E-state index contributed by atoms with van der Waals surface area (Å²) in [5, 5.41) is 2.82. The van der Waals surface area contributed by atoms with Gasteiger partial charge in [0, 0.05) is 19.6 Å². The minimum Gasteiger partial charge on any atom is -0.340 e. The molecule has 3 heterocycles. The lowest BCUT2D eigenvalue weighted by Crippen LogP contribution is -2.46. The number of carbonyl (C=O) groups is 2. The maximum Gasteiger partial charge on any atom is 0.318 e. The van der Waals surface area contributed by atoms with Crippen LogP contribution in [0.5, 0.6) is 0 Å². The number of hydrogen-bond acceptors (Lipinski definition) is 3. The number of likely N-dealkylation sites (tertiary alicyclic amines) is 1. The van der Waals surface area contributed by atoms with E-state index in [4.69, 9.17) is 0 Å². The first kappa shape index (κ1) is 18.7. The van der Waals surface area contributed by atoms with E-state index in [9.17, 15) is 9.59 Å². The minimum atomic E-state index is -0.183. The van der Waals surface area contributed by atoms with E-state index >= 15 is 0 Å². The number of aromatic nitrogens is 2. The van der Waals surface area contributed by atoms with Gasteiger partial charge in [0.25, 0.3) is 0 Å². The Balaban J connectivity index is 1.21. The molecule has 1 aromatic heterocycles. The number of rotatable bonds is 3. The molecule has 3 amide bonds. The zero-order chi connectivity index (χ0) is 20.5. The first-order valence-corrected chi connectivity index (χ1v) is 10.5. The van der Waals surface area contributed by atoms with Gasteiger partial charge in [-0.2, -0.15) is 0 Å². The van der Waals surface area contributed by atoms with E-state index in [0.717, 1.165) is 36.1 Å². The Hall–Kier alpha value is -3.35. The number of carbonyl (C=O) groups excluding carboxylic acids is 2. The highest BCUT2D eigenvalue weighted by molar-refractivity contribution is 5.84. The zero-order valence-electron chi connectivity index (χ0n) is 16.8. The summed E-state index contributed by atoms with van der Waals surface area (Å²) in [6.45, 7) is 1.95. The van der Waals surface area contributed by atoms with E-state index < -0.39 is 0 Å². The molecule has 2 aliphatic rings. The lowest BCUT2D eigenvalue weighted by molar-refractivity contribution is -0.131. The molecule has 1 fully saturated rings. The molecule has 0 spiro atoms. The van der Waals surface area contributed by atoms with E-state index in [1.54, 1.807) is 4.90 Å². The second kappa shape index (κ2) is 7.82. The molecule has 5 rings (SSSR count). The number of hydrogen-bond donors (Lipinski definition) is 2. The van der Waals surface area contributed by atoms with E-state index in [-0.39, 0.29) is 24.5 Å². The summed E-state index contributed by atoms with van der Waals surface area (Å²) in [5.41, 5.74) is 4.36. The quantitative estimate of drug-likeness (QED) is 0.705. The van der Waals surface area contributed by atoms with E-state index in [1.165, 1.54) is 11.1 Å². The van der Waals surface area contributed by atoms with Gasteiger partial charge in [-0.05, 0) is 42.5 Å².